The largest absolute Gasteiger partial charge is 0.312 e. The van der Waals surface area contributed by atoms with Crippen LogP contribution in [0.15, 0.2) is 121 Å². The maximum atomic E-state index is 6.74. The molecule has 0 aliphatic carbocycles. The molecule has 0 aliphatic rings. The van der Waals surface area contributed by atoms with Gasteiger partial charge in [0.25, 0.3) is 0 Å². The van der Waals surface area contributed by atoms with Gasteiger partial charge in [0, 0.05) is 38.2 Å². The molecular weight excluding hydrogens is 697 g/mol. The number of rotatable bonds is 6. The maximum absolute atomic E-state index is 6.74. The Morgan fingerprint density at radius 3 is 1.65 bits per heavy atom. The molecule has 9 aromatic rings. The van der Waals surface area contributed by atoms with Gasteiger partial charge < -0.3 is 9.47 Å². The van der Waals surface area contributed by atoms with Crippen molar-refractivity contribution in [3.05, 3.63) is 121 Å². The molecule has 0 saturated heterocycles. The van der Waals surface area contributed by atoms with Gasteiger partial charge in [0.15, 0.2) is 0 Å². The topological polar surface area (TPSA) is 8.17 Å². The molecule has 9 rings (SSSR count). The molecule has 0 unspecified atom stereocenters. The molecule has 0 bridgehead atoms. The Hall–Kier alpha value is -5.25. The standard InChI is InChI=1S/C44H20B10N2S/c45-31-30(32(46)34(48)35(49)33(31)47)21-16-18-24(19-17-21)55(42-39(53)37(51)36(50)38(52)40(42)54)25-11-6-8-22(20-25)26-13-7-14-28-41-44(57-43(26)28)27-12-4-5-15-29(27)56(41)23-9-2-1-3-10-23/h1-20H. The monoisotopic (exact) mass is 718 g/mol. The van der Waals surface area contributed by atoms with E-state index < -0.39 is 0 Å². The van der Waals surface area contributed by atoms with Gasteiger partial charge in [-0.2, -0.15) is 0 Å². The number of para-hydroxylation sites is 2. The highest BCUT2D eigenvalue weighted by Crippen LogP contribution is 2.46. The Morgan fingerprint density at radius 2 is 0.982 bits per heavy atom. The number of thiophene rings is 1. The van der Waals surface area contributed by atoms with Gasteiger partial charge in [-0.25, -0.2) is 0 Å². The summed E-state index contributed by atoms with van der Waals surface area (Å²) < 4.78 is 4.72. The molecule has 0 spiro atoms. The predicted molar refractivity (Wildman–Crippen MR) is 256 cm³/mol. The van der Waals surface area contributed by atoms with E-state index in [1.54, 1.807) is 11.3 Å². The average Bonchev–Trinajstić information content (AvgIpc) is 3.78. The third-order valence-electron chi connectivity index (χ3n) is 10.7. The zero-order valence-corrected chi connectivity index (χ0v) is 31.4. The maximum Gasteiger partial charge on any atom is 0.115 e. The lowest BCUT2D eigenvalue weighted by Crippen LogP contribution is -2.56. The van der Waals surface area contributed by atoms with Gasteiger partial charge in [0.05, 0.1) is 15.7 Å². The molecule has 20 radical (unpaired) electrons. The second-order valence-corrected chi connectivity index (χ2v) is 15.0. The number of benzene rings is 7. The normalized spacial score (nSPS) is 11.5. The molecule has 2 heterocycles. The second kappa shape index (κ2) is 14.3. The molecule has 0 aliphatic heterocycles. The molecule has 13 heteroatoms. The van der Waals surface area contributed by atoms with Crippen LogP contribution in [-0.2, 0) is 0 Å². The van der Waals surface area contributed by atoms with Crippen molar-refractivity contribution < 1.29 is 0 Å². The van der Waals surface area contributed by atoms with E-state index in [1.165, 1.54) is 15.6 Å². The first-order valence-electron chi connectivity index (χ1n) is 18.0. The van der Waals surface area contributed by atoms with Gasteiger partial charge in [-0.1, -0.05) is 101 Å². The summed E-state index contributed by atoms with van der Waals surface area (Å²) in [4.78, 5) is 1.91. The fourth-order valence-electron chi connectivity index (χ4n) is 7.80. The van der Waals surface area contributed by atoms with Crippen LogP contribution in [-0.4, -0.2) is 83.0 Å². The summed E-state index contributed by atoms with van der Waals surface area (Å²) in [6, 6.07) is 41.0. The number of fused-ring (bicyclic) bond motifs is 5. The number of aromatic nitrogens is 1. The highest BCUT2D eigenvalue weighted by Gasteiger charge is 2.23. The lowest BCUT2D eigenvalue weighted by Gasteiger charge is -2.33. The van der Waals surface area contributed by atoms with Gasteiger partial charge in [-0.3, -0.25) is 0 Å². The Morgan fingerprint density at radius 1 is 0.421 bits per heavy atom. The summed E-state index contributed by atoms with van der Waals surface area (Å²) in [7, 11) is 64.0. The third-order valence-corrected chi connectivity index (χ3v) is 12.0. The van der Waals surface area contributed by atoms with Crippen LogP contribution in [0, 0.1) is 0 Å². The molecule has 0 saturated carbocycles. The molecule has 0 fully saturated rings. The van der Waals surface area contributed by atoms with E-state index in [0.717, 1.165) is 38.1 Å². The first-order valence-corrected chi connectivity index (χ1v) is 18.8. The van der Waals surface area contributed by atoms with E-state index in [2.05, 4.69) is 83.4 Å². The molecule has 0 atom stereocenters. The lowest BCUT2D eigenvalue weighted by atomic mass is 9.59. The summed E-state index contributed by atoms with van der Waals surface area (Å²) in [6.45, 7) is 0. The number of hydrogen-bond donors (Lipinski definition) is 0. The molecule has 2 aromatic heterocycles. The van der Waals surface area contributed by atoms with Crippen LogP contribution in [0.2, 0.25) is 0 Å². The summed E-state index contributed by atoms with van der Waals surface area (Å²) in [5.41, 5.74) is 10.1. The third kappa shape index (κ3) is 5.84. The fraction of sp³-hybridized carbons (Fsp3) is 0. The molecular formula is C44H20B10N2S. The van der Waals surface area contributed by atoms with Crippen LogP contribution in [0.1, 0.15) is 0 Å². The quantitative estimate of drug-likeness (QED) is 0.231. The average molecular weight is 717 g/mol. The first kappa shape index (κ1) is 37.3. The van der Waals surface area contributed by atoms with Gasteiger partial charge in [-0.15, -0.1) is 44.1 Å². The van der Waals surface area contributed by atoms with E-state index in [0.29, 0.717) is 22.5 Å². The van der Waals surface area contributed by atoms with E-state index in [-0.39, 0.29) is 54.6 Å². The smallest absolute Gasteiger partial charge is 0.115 e. The fourth-order valence-corrected chi connectivity index (χ4v) is 9.15. The van der Waals surface area contributed by atoms with Gasteiger partial charge in [0.1, 0.15) is 78.5 Å². The van der Waals surface area contributed by atoms with Crippen molar-refractivity contribution in [2.45, 2.75) is 0 Å². The van der Waals surface area contributed by atoms with Gasteiger partial charge in [0.2, 0.25) is 0 Å². The van der Waals surface area contributed by atoms with Crippen LogP contribution in [0.3, 0.4) is 0 Å². The summed E-state index contributed by atoms with van der Waals surface area (Å²) >= 11 is 1.78. The van der Waals surface area contributed by atoms with E-state index >= 15 is 0 Å². The van der Waals surface area contributed by atoms with Crippen LogP contribution in [0.25, 0.3) is 59.1 Å². The highest BCUT2D eigenvalue weighted by molar-refractivity contribution is 7.27. The molecule has 0 N–H and O–H groups in total. The molecule has 7 aromatic carbocycles. The minimum absolute atomic E-state index is 0.116. The van der Waals surface area contributed by atoms with E-state index in [4.69, 9.17) is 78.5 Å². The van der Waals surface area contributed by atoms with E-state index in [1.807, 2.05) is 47.4 Å². The molecule has 242 valence electrons. The van der Waals surface area contributed by atoms with Crippen molar-refractivity contribution in [1.29, 1.82) is 0 Å². The van der Waals surface area contributed by atoms with Crippen LogP contribution in [0.5, 0.6) is 0 Å². The van der Waals surface area contributed by atoms with Crippen molar-refractivity contribution in [3.8, 4) is 27.9 Å². The number of nitrogens with zero attached hydrogens (tertiary/aromatic N) is 2. The zero-order chi connectivity index (χ0) is 39.9. The minimum Gasteiger partial charge on any atom is -0.312 e. The van der Waals surface area contributed by atoms with Crippen molar-refractivity contribution in [3.63, 3.8) is 0 Å². The van der Waals surface area contributed by atoms with Crippen LogP contribution < -0.4 is 59.5 Å². The lowest BCUT2D eigenvalue weighted by molar-refractivity contribution is 1.19. The molecule has 2 nitrogen and oxygen atoms in total. The molecule has 57 heavy (non-hydrogen) atoms. The zero-order valence-electron chi connectivity index (χ0n) is 30.6. The van der Waals surface area contributed by atoms with Gasteiger partial charge >= 0.3 is 0 Å². The molecule has 0 amide bonds. The van der Waals surface area contributed by atoms with E-state index in [9.17, 15) is 0 Å². The number of hydrogen-bond acceptors (Lipinski definition) is 2. The van der Waals surface area contributed by atoms with Crippen LogP contribution in [0.4, 0.5) is 17.1 Å². The Balaban J connectivity index is 1.24. The Bertz CT molecular complexity index is 3030. The summed E-state index contributed by atoms with van der Waals surface area (Å²) in [5.74, 6) is 0. The minimum atomic E-state index is 0.116. The first-order chi connectivity index (χ1) is 27.5. The van der Waals surface area contributed by atoms with Crippen LogP contribution >= 0.6 is 11.3 Å². The van der Waals surface area contributed by atoms with Crippen molar-refractivity contribution in [1.82, 2.24) is 4.57 Å². The van der Waals surface area contributed by atoms with Gasteiger partial charge in [-0.05, 0) is 64.7 Å². The number of anilines is 3. The highest BCUT2D eigenvalue weighted by atomic mass is 32.1. The van der Waals surface area contributed by atoms with Crippen molar-refractivity contribution in [2.75, 3.05) is 4.90 Å². The summed E-state index contributed by atoms with van der Waals surface area (Å²) in [6.07, 6.45) is 0. The Kier molecular flexibility index (Phi) is 9.36. The summed E-state index contributed by atoms with van der Waals surface area (Å²) in [5, 5.41) is 2.35. The predicted octanol–water partition coefficient (Wildman–Crippen LogP) is 0.740. The van der Waals surface area contributed by atoms with Crippen molar-refractivity contribution in [2.24, 2.45) is 0 Å². The van der Waals surface area contributed by atoms with Crippen molar-refractivity contribution >= 4 is 193 Å². The SMILES string of the molecule is [B]c1c([B])c([B])c(-c2ccc(N(c3cccc(-c4cccc5c4sc4c6ccccc6n(-c6ccccc6)c54)c3)c3c([B])c([B])c([B])c([B])c3[B])cc2)c([B])c1[B]. The Labute approximate surface area is 349 Å². The second-order valence-electron chi connectivity index (χ2n) is 13.9.